The SMILES string of the molecule is CN1CCC[C@H]1c1cccnc1.Cc1ccc(S(=O)(=O)O)cc1. The van der Waals surface area contributed by atoms with Gasteiger partial charge in [0.15, 0.2) is 0 Å². The molecular weight excluding hydrogens is 312 g/mol. The highest BCUT2D eigenvalue weighted by molar-refractivity contribution is 7.85. The van der Waals surface area contributed by atoms with Crippen LogP contribution in [0.1, 0.15) is 30.0 Å². The van der Waals surface area contributed by atoms with Crippen LogP contribution in [0, 0.1) is 6.92 Å². The van der Waals surface area contributed by atoms with Gasteiger partial charge in [0.25, 0.3) is 10.1 Å². The van der Waals surface area contributed by atoms with E-state index < -0.39 is 10.1 Å². The Morgan fingerprint density at radius 3 is 2.39 bits per heavy atom. The van der Waals surface area contributed by atoms with Gasteiger partial charge in [0.2, 0.25) is 0 Å². The zero-order chi connectivity index (χ0) is 16.9. The fraction of sp³-hybridized carbons (Fsp3) is 0.353. The monoisotopic (exact) mass is 334 g/mol. The van der Waals surface area contributed by atoms with E-state index in [2.05, 4.69) is 23.0 Å². The highest BCUT2D eigenvalue weighted by atomic mass is 32.2. The highest BCUT2D eigenvalue weighted by Gasteiger charge is 2.21. The minimum absolute atomic E-state index is 0.0666. The van der Waals surface area contributed by atoms with Gasteiger partial charge in [0.05, 0.1) is 4.90 Å². The van der Waals surface area contributed by atoms with Crippen LogP contribution in [0.2, 0.25) is 0 Å². The molecule has 0 spiro atoms. The lowest BCUT2D eigenvalue weighted by Crippen LogP contribution is -2.17. The first-order valence-corrected chi connectivity index (χ1v) is 8.96. The summed E-state index contributed by atoms with van der Waals surface area (Å²) in [7, 11) is -1.83. The van der Waals surface area contributed by atoms with Gasteiger partial charge in [-0.1, -0.05) is 23.8 Å². The van der Waals surface area contributed by atoms with Gasteiger partial charge in [-0.25, -0.2) is 0 Å². The van der Waals surface area contributed by atoms with Gasteiger partial charge in [0.1, 0.15) is 0 Å². The van der Waals surface area contributed by atoms with E-state index in [4.69, 9.17) is 4.55 Å². The third-order valence-electron chi connectivity index (χ3n) is 3.91. The second-order valence-corrected chi connectivity index (χ2v) is 7.13. The molecule has 23 heavy (non-hydrogen) atoms. The first kappa shape index (κ1) is 17.6. The number of rotatable bonds is 2. The van der Waals surface area contributed by atoms with Gasteiger partial charge in [-0.15, -0.1) is 0 Å². The summed E-state index contributed by atoms with van der Waals surface area (Å²) in [5, 5.41) is 0. The Hall–Kier alpha value is -1.76. The molecule has 2 aromatic rings. The number of aromatic nitrogens is 1. The van der Waals surface area contributed by atoms with Crippen molar-refractivity contribution in [3.8, 4) is 0 Å². The molecule has 0 aliphatic carbocycles. The Balaban J connectivity index is 0.000000168. The molecule has 3 rings (SSSR count). The Kier molecular flexibility index (Phi) is 5.87. The Bertz CT molecular complexity index is 715. The van der Waals surface area contributed by atoms with Gasteiger partial charge in [-0.2, -0.15) is 8.42 Å². The van der Waals surface area contributed by atoms with E-state index in [0.717, 1.165) is 5.56 Å². The molecule has 1 aliphatic heterocycles. The van der Waals surface area contributed by atoms with Gasteiger partial charge in [-0.05, 0) is 57.1 Å². The molecule has 0 unspecified atom stereocenters. The van der Waals surface area contributed by atoms with Crippen molar-refractivity contribution in [1.29, 1.82) is 0 Å². The molecule has 1 N–H and O–H groups in total. The van der Waals surface area contributed by atoms with Gasteiger partial charge < -0.3 is 0 Å². The van der Waals surface area contributed by atoms with Crippen molar-refractivity contribution in [2.45, 2.75) is 30.7 Å². The summed E-state index contributed by atoms with van der Waals surface area (Å²) in [6.45, 7) is 3.06. The van der Waals surface area contributed by atoms with Crippen molar-refractivity contribution < 1.29 is 13.0 Å². The fourth-order valence-corrected chi connectivity index (χ4v) is 3.09. The maximum absolute atomic E-state index is 10.5. The smallest absolute Gasteiger partial charge is 0.294 e. The van der Waals surface area contributed by atoms with Crippen LogP contribution in [0.4, 0.5) is 0 Å². The predicted molar refractivity (Wildman–Crippen MR) is 89.8 cm³/mol. The van der Waals surface area contributed by atoms with E-state index in [0.29, 0.717) is 6.04 Å². The Labute approximate surface area is 137 Å². The van der Waals surface area contributed by atoms with Crippen LogP contribution in [0.15, 0.2) is 53.7 Å². The van der Waals surface area contributed by atoms with Crippen molar-refractivity contribution >= 4 is 10.1 Å². The summed E-state index contributed by atoms with van der Waals surface area (Å²) in [6.07, 6.45) is 6.41. The second kappa shape index (κ2) is 7.68. The number of aryl methyl sites for hydroxylation is 1. The third kappa shape index (κ3) is 5.13. The molecule has 1 aromatic heterocycles. The van der Waals surface area contributed by atoms with Gasteiger partial charge in [0, 0.05) is 18.4 Å². The molecular formula is C17H22N2O3S. The molecule has 0 radical (unpaired) electrons. The van der Waals surface area contributed by atoms with Crippen molar-refractivity contribution in [3.05, 3.63) is 59.9 Å². The van der Waals surface area contributed by atoms with Crippen LogP contribution in [-0.2, 0) is 10.1 Å². The standard InChI is InChI=1S/C10H14N2.C7H8O3S/c1-12-7-3-5-10(12)9-4-2-6-11-8-9;1-6-2-4-7(5-3-6)11(8,9)10/h2,4,6,8,10H,3,5,7H2,1H3;2-5H,1H3,(H,8,9,10)/t10-;/m0./s1. The number of nitrogens with zero attached hydrogens (tertiary/aromatic N) is 2. The summed E-state index contributed by atoms with van der Waals surface area (Å²) >= 11 is 0. The van der Waals surface area contributed by atoms with E-state index in [1.165, 1.54) is 37.1 Å². The lowest BCUT2D eigenvalue weighted by molar-refractivity contribution is 0.317. The molecule has 124 valence electrons. The fourth-order valence-electron chi connectivity index (χ4n) is 2.61. The van der Waals surface area contributed by atoms with Crippen molar-refractivity contribution in [2.75, 3.05) is 13.6 Å². The summed E-state index contributed by atoms with van der Waals surface area (Å²) in [6, 6.07) is 10.8. The second-order valence-electron chi connectivity index (χ2n) is 5.71. The van der Waals surface area contributed by atoms with Crippen LogP contribution in [-0.4, -0.2) is 36.4 Å². The predicted octanol–water partition coefficient (Wildman–Crippen LogP) is 3.09. The van der Waals surface area contributed by atoms with E-state index >= 15 is 0 Å². The molecule has 1 aliphatic rings. The van der Waals surface area contributed by atoms with Crippen LogP contribution >= 0.6 is 0 Å². The van der Waals surface area contributed by atoms with E-state index in [-0.39, 0.29) is 4.90 Å². The maximum Gasteiger partial charge on any atom is 0.294 e. The molecule has 0 bridgehead atoms. The third-order valence-corrected chi connectivity index (χ3v) is 4.78. The number of hydrogen-bond donors (Lipinski definition) is 1. The molecule has 2 heterocycles. The van der Waals surface area contributed by atoms with E-state index in [1.54, 1.807) is 12.1 Å². The minimum atomic E-state index is -4.02. The zero-order valence-electron chi connectivity index (χ0n) is 13.4. The van der Waals surface area contributed by atoms with Crippen molar-refractivity contribution in [3.63, 3.8) is 0 Å². The largest absolute Gasteiger partial charge is 0.299 e. The van der Waals surface area contributed by atoms with Crippen LogP contribution < -0.4 is 0 Å². The number of benzene rings is 1. The Morgan fingerprint density at radius 2 is 1.91 bits per heavy atom. The minimum Gasteiger partial charge on any atom is -0.299 e. The summed E-state index contributed by atoms with van der Waals surface area (Å²) in [5.74, 6) is 0. The quantitative estimate of drug-likeness (QED) is 0.855. The maximum atomic E-state index is 10.5. The molecule has 0 saturated carbocycles. The molecule has 5 nitrogen and oxygen atoms in total. The van der Waals surface area contributed by atoms with Crippen LogP contribution in [0.5, 0.6) is 0 Å². The number of likely N-dealkylation sites (tertiary alicyclic amines) is 1. The highest BCUT2D eigenvalue weighted by Crippen LogP contribution is 2.29. The van der Waals surface area contributed by atoms with Crippen LogP contribution in [0.25, 0.3) is 0 Å². The van der Waals surface area contributed by atoms with E-state index in [1.807, 2.05) is 25.4 Å². The lowest BCUT2D eigenvalue weighted by atomic mass is 10.1. The van der Waals surface area contributed by atoms with Gasteiger partial charge in [-0.3, -0.25) is 14.4 Å². The topological polar surface area (TPSA) is 70.5 Å². The van der Waals surface area contributed by atoms with Crippen molar-refractivity contribution in [1.82, 2.24) is 9.88 Å². The number of hydrogen-bond acceptors (Lipinski definition) is 4. The van der Waals surface area contributed by atoms with Crippen molar-refractivity contribution in [2.24, 2.45) is 0 Å². The lowest BCUT2D eigenvalue weighted by Gasteiger charge is -2.18. The first-order chi connectivity index (χ1) is 10.9. The molecule has 6 heteroatoms. The van der Waals surface area contributed by atoms with Crippen LogP contribution in [0.3, 0.4) is 0 Å². The van der Waals surface area contributed by atoms with Gasteiger partial charge >= 0.3 is 0 Å². The Morgan fingerprint density at radius 1 is 1.22 bits per heavy atom. The first-order valence-electron chi connectivity index (χ1n) is 7.52. The molecule has 1 atom stereocenters. The summed E-state index contributed by atoms with van der Waals surface area (Å²) in [4.78, 5) is 6.47. The summed E-state index contributed by atoms with van der Waals surface area (Å²) < 4.78 is 29.6. The summed E-state index contributed by atoms with van der Waals surface area (Å²) in [5.41, 5.74) is 2.31. The number of pyridine rings is 1. The average Bonchev–Trinajstić information content (AvgIpc) is 2.94. The molecule has 1 saturated heterocycles. The average molecular weight is 334 g/mol. The molecule has 1 aromatic carbocycles. The molecule has 0 amide bonds. The normalized spacial score (nSPS) is 18.3. The van der Waals surface area contributed by atoms with E-state index in [9.17, 15) is 8.42 Å². The molecule has 1 fully saturated rings. The zero-order valence-corrected chi connectivity index (χ0v) is 14.2.